The Balaban J connectivity index is 0.00000210. The minimum Gasteiger partial charge on any atom is -0.492 e. The van der Waals surface area contributed by atoms with E-state index in [1.807, 2.05) is 25.2 Å². The van der Waals surface area contributed by atoms with Gasteiger partial charge in [-0.1, -0.05) is 35.9 Å². The first kappa shape index (κ1) is 26.0. The molecule has 2 aromatic rings. The van der Waals surface area contributed by atoms with Crippen molar-refractivity contribution in [3.63, 3.8) is 0 Å². The first-order valence-corrected chi connectivity index (χ1v) is 10.0. The van der Waals surface area contributed by atoms with Gasteiger partial charge in [0.05, 0.1) is 12.7 Å². The summed E-state index contributed by atoms with van der Waals surface area (Å²) >= 11 is 6.14. The second-order valence-electron chi connectivity index (χ2n) is 7.06. The minimum atomic E-state index is 0. The molecule has 29 heavy (non-hydrogen) atoms. The normalized spacial score (nSPS) is 17.7. The molecule has 0 radical (unpaired) electrons. The van der Waals surface area contributed by atoms with Crippen LogP contribution in [-0.2, 0) is 11.2 Å². The molecule has 2 atom stereocenters. The van der Waals surface area contributed by atoms with Crippen molar-refractivity contribution >= 4 is 36.4 Å². The van der Waals surface area contributed by atoms with Crippen LogP contribution in [0.4, 0.5) is 0 Å². The van der Waals surface area contributed by atoms with Crippen molar-refractivity contribution in [3.8, 4) is 5.75 Å². The van der Waals surface area contributed by atoms with Gasteiger partial charge in [0.15, 0.2) is 0 Å². The van der Waals surface area contributed by atoms with Gasteiger partial charge in [0.1, 0.15) is 12.4 Å². The molecule has 0 aromatic heterocycles. The quantitative estimate of drug-likeness (QED) is 0.573. The highest BCUT2D eigenvalue weighted by Gasteiger charge is 2.25. The lowest BCUT2D eigenvalue weighted by Gasteiger charge is -2.37. The molecule has 1 aliphatic rings. The third-order valence-electron chi connectivity index (χ3n) is 5.02. The lowest BCUT2D eigenvalue weighted by molar-refractivity contribution is -0.0424. The molecule has 0 spiro atoms. The van der Waals surface area contributed by atoms with Gasteiger partial charge in [-0.15, -0.1) is 24.8 Å². The molecule has 1 saturated heterocycles. The third kappa shape index (κ3) is 7.97. The summed E-state index contributed by atoms with van der Waals surface area (Å²) < 4.78 is 11.7. The maximum absolute atomic E-state index is 6.14. The van der Waals surface area contributed by atoms with Gasteiger partial charge in [-0.2, -0.15) is 0 Å². The van der Waals surface area contributed by atoms with Crippen molar-refractivity contribution in [1.82, 2.24) is 10.2 Å². The zero-order valence-corrected chi connectivity index (χ0v) is 19.4. The van der Waals surface area contributed by atoms with Gasteiger partial charge in [-0.3, -0.25) is 4.90 Å². The van der Waals surface area contributed by atoms with Crippen molar-refractivity contribution in [1.29, 1.82) is 0 Å². The molecule has 1 fully saturated rings. The van der Waals surface area contributed by atoms with Crippen LogP contribution in [0.2, 0.25) is 5.02 Å². The monoisotopic (exact) mass is 460 g/mol. The standard InChI is InChI=1S/C22H29ClN2O2.2ClH/c1-17(14-18-6-8-21(9-7-18)26-12-10-24-2)25-11-13-27-22(16-25)19-4-3-5-20(23)15-19;;/h3-9,15,17,22,24H,10-14,16H2,1-2H3;2*1H. The molecular weight excluding hydrogens is 431 g/mol. The first-order valence-electron chi connectivity index (χ1n) is 9.63. The van der Waals surface area contributed by atoms with Gasteiger partial charge >= 0.3 is 0 Å². The Morgan fingerprint density at radius 2 is 1.97 bits per heavy atom. The number of hydrogen-bond donors (Lipinski definition) is 1. The Morgan fingerprint density at radius 3 is 2.66 bits per heavy atom. The highest BCUT2D eigenvalue weighted by atomic mass is 35.5. The van der Waals surface area contributed by atoms with Gasteiger partial charge in [0, 0.05) is 30.7 Å². The molecule has 0 saturated carbocycles. The molecule has 0 amide bonds. The van der Waals surface area contributed by atoms with Gasteiger partial charge < -0.3 is 14.8 Å². The summed E-state index contributed by atoms with van der Waals surface area (Å²) in [7, 11) is 1.93. The van der Waals surface area contributed by atoms with Crippen molar-refractivity contribution < 1.29 is 9.47 Å². The molecule has 1 heterocycles. The molecule has 2 aromatic carbocycles. The number of hydrogen-bond acceptors (Lipinski definition) is 4. The van der Waals surface area contributed by atoms with E-state index in [1.54, 1.807) is 0 Å². The molecule has 0 bridgehead atoms. The predicted molar refractivity (Wildman–Crippen MR) is 125 cm³/mol. The highest BCUT2D eigenvalue weighted by molar-refractivity contribution is 6.30. The Kier molecular flexibility index (Phi) is 12.0. The van der Waals surface area contributed by atoms with E-state index < -0.39 is 0 Å². The average Bonchev–Trinajstić information content (AvgIpc) is 2.69. The minimum absolute atomic E-state index is 0. The zero-order valence-electron chi connectivity index (χ0n) is 17.0. The van der Waals surface area contributed by atoms with Gasteiger partial charge in [-0.05, 0) is 55.8 Å². The number of ether oxygens (including phenoxy) is 2. The summed E-state index contributed by atoms with van der Waals surface area (Å²) in [6.07, 6.45) is 1.10. The number of benzene rings is 2. The molecule has 162 valence electrons. The highest BCUT2D eigenvalue weighted by Crippen LogP contribution is 2.26. The van der Waals surface area contributed by atoms with Crippen LogP contribution in [0.5, 0.6) is 5.75 Å². The smallest absolute Gasteiger partial charge is 0.119 e. The van der Waals surface area contributed by atoms with Crippen molar-refractivity contribution in [2.45, 2.75) is 25.5 Å². The van der Waals surface area contributed by atoms with E-state index in [1.165, 1.54) is 5.56 Å². The summed E-state index contributed by atoms with van der Waals surface area (Å²) in [5, 5.41) is 3.84. The van der Waals surface area contributed by atoms with E-state index >= 15 is 0 Å². The van der Waals surface area contributed by atoms with E-state index in [2.05, 4.69) is 47.5 Å². The number of rotatable bonds is 8. The summed E-state index contributed by atoms with van der Waals surface area (Å²) in [6, 6.07) is 16.9. The van der Waals surface area contributed by atoms with Crippen molar-refractivity contribution in [2.24, 2.45) is 0 Å². The Hall–Kier alpha value is -1.01. The fraction of sp³-hybridized carbons (Fsp3) is 0.455. The second kappa shape index (κ2) is 13.3. The van der Waals surface area contributed by atoms with Crippen LogP contribution in [0.3, 0.4) is 0 Å². The Labute approximate surface area is 191 Å². The zero-order chi connectivity index (χ0) is 19.1. The van der Waals surface area contributed by atoms with Crippen molar-refractivity contribution in [2.75, 3.05) is 39.9 Å². The van der Waals surface area contributed by atoms with Crippen LogP contribution >= 0.6 is 36.4 Å². The third-order valence-corrected chi connectivity index (χ3v) is 5.25. The summed E-state index contributed by atoms with van der Waals surface area (Å²) in [4.78, 5) is 2.51. The lowest BCUT2D eigenvalue weighted by atomic mass is 10.0. The van der Waals surface area contributed by atoms with E-state index in [0.29, 0.717) is 12.6 Å². The van der Waals surface area contributed by atoms with Crippen LogP contribution in [0.15, 0.2) is 48.5 Å². The number of nitrogens with zero attached hydrogens (tertiary/aromatic N) is 1. The van der Waals surface area contributed by atoms with Crippen LogP contribution in [0.1, 0.15) is 24.2 Å². The predicted octanol–water partition coefficient (Wildman–Crippen LogP) is 4.79. The summed E-state index contributed by atoms with van der Waals surface area (Å²) in [5.41, 5.74) is 2.48. The number of nitrogens with one attached hydrogen (secondary N) is 1. The Morgan fingerprint density at radius 1 is 1.21 bits per heavy atom. The maximum Gasteiger partial charge on any atom is 0.119 e. The topological polar surface area (TPSA) is 33.7 Å². The second-order valence-corrected chi connectivity index (χ2v) is 7.49. The molecule has 1 N–H and O–H groups in total. The van der Waals surface area contributed by atoms with E-state index in [-0.39, 0.29) is 30.9 Å². The van der Waals surface area contributed by atoms with Crippen LogP contribution in [-0.4, -0.2) is 50.8 Å². The molecular formula is C22H31Cl3N2O2. The van der Waals surface area contributed by atoms with E-state index in [4.69, 9.17) is 21.1 Å². The summed E-state index contributed by atoms with van der Waals surface area (Å²) in [5.74, 6) is 0.925. The fourth-order valence-corrected chi connectivity index (χ4v) is 3.64. The first-order chi connectivity index (χ1) is 13.2. The molecule has 1 aliphatic heterocycles. The fourth-order valence-electron chi connectivity index (χ4n) is 3.44. The van der Waals surface area contributed by atoms with Gasteiger partial charge in [0.2, 0.25) is 0 Å². The maximum atomic E-state index is 6.14. The van der Waals surface area contributed by atoms with E-state index in [9.17, 15) is 0 Å². The van der Waals surface area contributed by atoms with E-state index in [0.717, 1.165) is 49.0 Å². The average molecular weight is 462 g/mol. The Bertz CT molecular complexity index is 715. The van der Waals surface area contributed by atoms with Crippen LogP contribution in [0, 0.1) is 0 Å². The van der Waals surface area contributed by atoms with Gasteiger partial charge in [-0.25, -0.2) is 0 Å². The number of likely N-dealkylation sites (N-methyl/N-ethyl adjacent to an activating group) is 1. The largest absolute Gasteiger partial charge is 0.492 e. The lowest BCUT2D eigenvalue weighted by Crippen LogP contribution is -2.44. The molecule has 0 aliphatic carbocycles. The number of morpholine rings is 1. The molecule has 4 nitrogen and oxygen atoms in total. The van der Waals surface area contributed by atoms with Gasteiger partial charge in [0.25, 0.3) is 0 Å². The molecule has 7 heteroatoms. The summed E-state index contributed by atoms with van der Waals surface area (Å²) in [6.45, 7) is 6.43. The molecule has 3 rings (SSSR count). The number of halogens is 3. The SMILES string of the molecule is CNCCOc1ccc(CC(C)N2CCOC(c3cccc(Cl)c3)C2)cc1.Cl.Cl. The van der Waals surface area contributed by atoms with Crippen LogP contribution < -0.4 is 10.1 Å². The van der Waals surface area contributed by atoms with Crippen LogP contribution in [0.25, 0.3) is 0 Å². The van der Waals surface area contributed by atoms with Crippen molar-refractivity contribution in [3.05, 3.63) is 64.7 Å². The molecule has 2 unspecified atom stereocenters.